The Morgan fingerprint density at radius 2 is 1.13 bits per heavy atom. The maximum absolute atomic E-state index is 4.54. The summed E-state index contributed by atoms with van der Waals surface area (Å²) in [5.74, 6) is 0. The Labute approximate surface area is 181 Å². The normalized spacial score (nSPS) is 12.2. The summed E-state index contributed by atoms with van der Waals surface area (Å²) in [7, 11) is 0. The molecule has 0 atom stereocenters. The van der Waals surface area contributed by atoms with Gasteiger partial charge in [-0.1, -0.05) is 60.7 Å². The van der Waals surface area contributed by atoms with Crippen molar-refractivity contribution in [3.8, 4) is 11.4 Å². The zero-order valence-electron chi connectivity index (χ0n) is 17.6. The van der Waals surface area contributed by atoms with Crippen LogP contribution in [0.2, 0.25) is 0 Å². The predicted octanol–water partition coefficient (Wildman–Crippen LogP) is 3.41. The highest BCUT2D eigenvalue weighted by atomic mass is 15.4. The quantitative estimate of drug-likeness (QED) is 0.415. The largest absolute Gasteiger partial charge is 0.290 e. The molecule has 4 aromatic rings. The number of benzene rings is 2. The number of rotatable bonds is 8. The van der Waals surface area contributed by atoms with Gasteiger partial charge in [-0.25, -0.2) is 9.36 Å². The first-order chi connectivity index (χ1) is 15.1. The van der Waals surface area contributed by atoms with Gasteiger partial charge < -0.3 is 0 Å². The summed E-state index contributed by atoms with van der Waals surface area (Å²) in [6.07, 6.45) is 7.23. The molecule has 8 heteroatoms. The number of aromatic nitrogens is 6. The van der Waals surface area contributed by atoms with E-state index < -0.39 is 0 Å². The van der Waals surface area contributed by atoms with Gasteiger partial charge in [0.05, 0.1) is 36.2 Å². The number of nitrogens with zero attached hydrogens (tertiary/aromatic N) is 8. The van der Waals surface area contributed by atoms with Gasteiger partial charge in [-0.3, -0.25) is 9.98 Å². The van der Waals surface area contributed by atoms with Crippen LogP contribution in [0.3, 0.4) is 0 Å². The van der Waals surface area contributed by atoms with Crippen LogP contribution < -0.4 is 0 Å². The van der Waals surface area contributed by atoms with Crippen molar-refractivity contribution in [1.29, 1.82) is 0 Å². The minimum Gasteiger partial charge on any atom is -0.290 e. The molecule has 0 radical (unpaired) electrons. The minimum atomic E-state index is -0.0994. The van der Waals surface area contributed by atoms with Crippen LogP contribution in [0.5, 0.6) is 0 Å². The zero-order valence-corrected chi connectivity index (χ0v) is 17.6. The number of hydrogen-bond donors (Lipinski definition) is 0. The smallest absolute Gasteiger partial charge is 0.124 e. The third-order valence-electron chi connectivity index (χ3n) is 4.55. The molecular weight excluding hydrogens is 388 g/mol. The Balaban J connectivity index is 1.30. The summed E-state index contributed by atoms with van der Waals surface area (Å²) >= 11 is 0. The standard InChI is InChI=1S/C23H24N8/c1-23(2,17-24-13-19-15-30(28-26-19)21-9-5-3-6-10-21)18-25-14-20-16-31(29-27-20)22-11-7-4-8-12-22/h3-16H,17-18H2,1-2H3. The minimum absolute atomic E-state index is 0.0994. The van der Waals surface area contributed by atoms with E-state index in [-0.39, 0.29) is 5.41 Å². The highest BCUT2D eigenvalue weighted by Crippen LogP contribution is 2.16. The second-order valence-corrected chi connectivity index (χ2v) is 7.95. The first-order valence-electron chi connectivity index (χ1n) is 10.0. The molecule has 0 aliphatic carbocycles. The molecule has 0 fully saturated rings. The Hall–Kier alpha value is -3.94. The van der Waals surface area contributed by atoms with Crippen LogP contribution in [0.4, 0.5) is 0 Å². The van der Waals surface area contributed by atoms with Gasteiger partial charge in [0.2, 0.25) is 0 Å². The first kappa shape index (κ1) is 20.3. The lowest BCUT2D eigenvalue weighted by molar-refractivity contribution is 0.396. The monoisotopic (exact) mass is 412 g/mol. The highest BCUT2D eigenvalue weighted by molar-refractivity contribution is 5.77. The van der Waals surface area contributed by atoms with Crippen LogP contribution in [0, 0.1) is 5.41 Å². The Morgan fingerprint density at radius 3 is 1.55 bits per heavy atom. The molecule has 0 saturated carbocycles. The summed E-state index contributed by atoms with van der Waals surface area (Å²) in [4.78, 5) is 9.09. The molecule has 0 N–H and O–H groups in total. The summed E-state index contributed by atoms with van der Waals surface area (Å²) in [6.45, 7) is 5.51. The van der Waals surface area contributed by atoms with Crippen LogP contribution in [0.25, 0.3) is 11.4 Å². The van der Waals surface area contributed by atoms with E-state index in [1.807, 2.05) is 73.1 Å². The molecule has 0 bridgehead atoms. The first-order valence-corrected chi connectivity index (χ1v) is 10.0. The van der Waals surface area contributed by atoms with Gasteiger partial charge in [-0.2, -0.15) is 0 Å². The van der Waals surface area contributed by atoms with Crippen molar-refractivity contribution in [2.24, 2.45) is 15.4 Å². The molecule has 0 aliphatic rings. The van der Waals surface area contributed by atoms with Gasteiger partial charge in [-0.15, -0.1) is 10.2 Å². The second kappa shape index (κ2) is 9.25. The van der Waals surface area contributed by atoms with E-state index in [0.29, 0.717) is 13.1 Å². The van der Waals surface area contributed by atoms with Crippen LogP contribution in [0.15, 0.2) is 83.0 Å². The van der Waals surface area contributed by atoms with Gasteiger partial charge in [0, 0.05) is 18.5 Å². The molecule has 0 spiro atoms. The topological polar surface area (TPSA) is 86.1 Å². The fourth-order valence-corrected chi connectivity index (χ4v) is 2.91. The van der Waals surface area contributed by atoms with E-state index in [1.54, 1.807) is 21.8 Å². The van der Waals surface area contributed by atoms with E-state index in [0.717, 1.165) is 22.8 Å². The molecular formula is C23H24N8. The van der Waals surface area contributed by atoms with Gasteiger partial charge in [0.25, 0.3) is 0 Å². The average Bonchev–Trinajstić information content (AvgIpc) is 3.45. The molecule has 31 heavy (non-hydrogen) atoms. The fraction of sp³-hybridized carbons (Fsp3) is 0.217. The SMILES string of the molecule is CC(C)(CN=Cc1cn(-c2ccccc2)nn1)CN=Cc1cn(-c2ccccc2)nn1. The summed E-state index contributed by atoms with van der Waals surface area (Å²) < 4.78 is 3.47. The van der Waals surface area contributed by atoms with Crippen molar-refractivity contribution in [3.05, 3.63) is 84.4 Å². The van der Waals surface area contributed by atoms with Crippen molar-refractivity contribution >= 4 is 12.4 Å². The Kier molecular flexibility index (Phi) is 6.07. The summed E-state index contributed by atoms with van der Waals surface area (Å²) in [6, 6.07) is 19.7. The van der Waals surface area contributed by atoms with Crippen molar-refractivity contribution in [1.82, 2.24) is 30.0 Å². The van der Waals surface area contributed by atoms with Gasteiger partial charge in [0.15, 0.2) is 0 Å². The number of para-hydroxylation sites is 2. The van der Waals surface area contributed by atoms with Gasteiger partial charge in [0.1, 0.15) is 11.4 Å². The number of hydrogen-bond acceptors (Lipinski definition) is 6. The Bertz CT molecular complexity index is 1060. The summed E-state index contributed by atoms with van der Waals surface area (Å²) in [5, 5.41) is 16.6. The molecule has 2 aromatic heterocycles. The molecule has 0 amide bonds. The van der Waals surface area contributed by atoms with Crippen LogP contribution in [0.1, 0.15) is 25.2 Å². The summed E-state index contributed by atoms with van der Waals surface area (Å²) in [5.41, 5.74) is 3.28. The predicted molar refractivity (Wildman–Crippen MR) is 121 cm³/mol. The maximum atomic E-state index is 4.54. The van der Waals surface area contributed by atoms with Crippen molar-refractivity contribution in [3.63, 3.8) is 0 Å². The molecule has 0 aliphatic heterocycles. The van der Waals surface area contributed by atoms with Crippen LogP contribution in [-0.4, -0.2) is 55.5 Å². The molecule has 2 aromatic carbocycles. The average molecular weight is 413 g/mol. The van der Waals surface area contributed by atoms with E-state index in [2.05, 4.69) is 44.5 Å². The lowest BCUT2D eigenvalue weighted by Gasteiger charge is -2.18. The molecule has 0 saturated heterocycles. The Morgan fingerprint density at radius 1 is 0.710 bits per heavy atom. The van der Waals surface area contributed by atoms with Crippen LogP contribution >= 0.6 is 0 Å². The highest BCUT2D eigenvalue weighted by Gasteiger charge is 2.16. The van der Waals surface area contributed by atoms with Crippen molar-refractivity contribution < 1.29 is 0 Å². The van der Waals surface area contributed by atoms with Crippen molar-refractivity contribution in [2.75, 3.05) is 13.1 Å². The van der Waals surface area contributed by atoms with E-state index in [4.69, 9.17) is 0 Å². The van der Waals surface area contributed by atoms with E-state index in [9.17, 15) is 0 Å². The van der Waals surface area contributed by atoms with Gasteiger partial charge >= 0.3 is 0 Å². The third-order valence-corrected chi connectivity index (χ3v) is 4.55. The molecule has 8 nitrogen and oxygen atoms in total. The molecule has 2 heterocycles. The fourth-order valence-electron chi connectivity index (χ4n) is 2.91. The lowest BCUT2D eigenvalue weighted by atomic mass is 9.94. The zero-order chi connectivity index (χ0) is 21.5. The van der Waals surface area contributed by atoms with Crippen molar-refractivity contribution in [2.45, 2.75) is 13.8 Å². The van der Waals surface area contributed by atoms with E-state index in [1.165, 1.54) is 0 Å². The lowest BCUT2D eigenvalue weighted by Crippen LogP contribution is -2.19. The maximum Gasteiger partial charge on any atom is 0.124 e. The van der Waals surface area contributed by atoms with Crippen LogP contribution in [-0.2, 0) is 0 Å². The third kappa shape index (κ3) is 5.57. The molecule has 0 unspecified atom stereocenters. The van der Waals surface area contributed by atoms with E-state index >= 15 is 0 Å². The molecule has 156 valence electrons. The molecule has 4 rings (SSSR count). The number of aliphatic imine (C=N–C) groups is 2. The van der Waals surface area contributed by atoms with Gasteiger partial charge in [-0.05, 0) is 24.3 Å². The second-order valence-electron chi connectivity index (χ2n) is 7.95.